The van der Waals surface area contributed by atoms with E-state index >= 15 is 0 Å². The number of benzene rings is 1. The van der Waals surface area contributed by atoms with Crippen LogP contribution in [0, 0.1) is 0 Å². The van der Waals surface area contributed by atoms with Crippen LogP contribution in [0.5, 0.6) is 5.75 Å². The standard InChI is InChI=1S/C11H9Br2NO5/c1-5(15)19-10-7(2-6(12)3-8(10)13)11(18)14-4-9(16)17/h2-3H,4H2,1H3,(H,14,18)(H,16,17). The van der Waals surface area contributed by atoms with Crippen LogP contribution in [0.2, 0.25) is 0 Å². The van der Waals surface area contributed by atoms with Crippen molar-refractivity contribution in [3.63, 3.8) is 0 Å². The first kappa shape index (κ1) is 15.6. The Balaban J connectivity index is 3.12. The topological polar surface area (TPSA) is 92.7 Å². The first-order valence-corrected chi connectivity index (χ1v) is 6.57. The molecule has 0 spiro atoms. The number of halogens is 2. The van der Waals surface area contributed by atoms with Gasteiger partial charge in [-0.25, -0.2) is 0 Å². The SMILES string of the molecule is CC(=O)Oc1c(Br)cc(Br)cc1C(=O)NCC(=O)O. The van der Waals surface area contributed by atoms with Gasteiger partial charge in [0.2, 0.25) is 0 Å². The van der Waals surface area contributed by atoms with Crippen LogP contribution in [0.3, 0.4) is 0 Å². The maximum atomic E-state index is 11.8. The molecule has 0 atom stereocenters. The number of nitrogens with one attached hydrogen (secondary N) is 1. The van der Waals surface area contributed by atoms with Crippen molar-refractivity contribution in [3.8, 4) is 5.75 Å². The van der Waals surface area contributed by atoms with Gasteiger partial charge in [0.25, 0.3) is 5.91 Å². The minimum absolute atomic E-state index is 0.0404. The summed E-state index contributed by atoms with van der Waals surface area (Å²) in [5, 5.41) is 10.7. The molecular formula is C11H9Br2NO5. The Morgan fingerprint density at radius 3 is 2.47 bits per heavy atom. The number of aliphatic carboxylic acids is 1. The van der Waals surface area contributed by atoms with Gasteiger partial charge < -0.3 is 15.2 Å². The molecule has 0 radical (unpaired) electrons. The average Bonchev–Trinajstić information content (AvgIpc) is 2.28. The molecule has 0 aliphatic rings. The van der Waals surface area contributed by atoms with Gasteiger partial charge in [0, 0.05) is 11.4 Å². The lowest BCUT2D eigenvalue weighted by Crippen LogP contribution is -2.29. The van der Waals surface area contributed by atoms with Gasteiger partial charge in [-0.1, -0.05) is 15.9 Å². The van der Waals surface area contributed by atoms with Crippen LogP contribution in [0.15, 0.2) is 21.1 Å². The normalized spacial score (nSPS) is 9.84. The number of ether oxygens (including phenoxy) is 1. The van der Waals surface area contributed by atoms with Crippen LogP contribution < -0.4 is 10.1 Å². The van der Waals surface area contributed by atoms with Crippen molar-refractivity contribution in [1.82, 2.24) is 5.32 Å². The van der Waals surface area contributed by atoms with E-state index in [1.165, 1.54) is 13.0 Å². The molecule has 0 heterocycles. The van der Waals surface area contributed by atoms with E-state index in [9.17, 15) is 14.4 Å². The summed E-state index contributed by atoms with van der Waals surface area (Å²) in [6.45, 7) is 0.676. The number of hydrogen-bond donors (Lipinski definition) is 2. The fourth-order valence-electron chi connectivity index (χ4n) is 1.23. The van der Waals surface area contributed by atoms with E-state index in [0.717, 1.165) is 0 Å². The smallest absolute Gasteiger partial charge is 0.322 e. The van der Waals surface area contributed by atoms with Gasteiger partial charge in [-0.3, -0.25) is 14.4 Å². The molecule has 0 aliphatic heterocycles. The van der Waals surface area contributed by atoms with Gasteiger partial charge in [-0.05, 0) is 28.1 Å². The zero-order chi connectivity index (χ0) is 14.6. The number of carbonyl (C=O) groups is 3. The Kier molecular flexibility index (Phi) is 5.49. The van der Waals surface area contributed by atoms with Crippen molar-refractivity contribution >= 4 is 49.7 Å². The summed E-state index contributed by atoms with van der Waals surface area (Å²) in [6, 6.07) is 3.03. The first-order valence-electron chi connectivity index (χ1n) is 4.98. The van der Waals surface area contributed by atoms with Crippen LogP contribution in [0.25, 0.3) is 0 Å². The number of carboxylic acid groups (broad SMARTS) is 1. The quantitative estimate of drug-likeness (QED) is 0.601. The maximum absolute atomic E-state index is 11.8. The first-order chi connectivity index (χ1) is 8.81. The molecule has 6 nitrogen and oxygen atoms in total. The number of hydrogen-bond acceptors (Lipinski definition) is 4. The van der Waals surface area contributed by atoms with E-state index < -0.39 is 24.4 Å². The Morgan fingerprint density at radius 2 is 1.95 bits per heavy atom. The predicted molar refractivity (Wildman–Crippen MR) is 73.1 cm³/mol. The zero-order valence-electron chi connectivity index (χ0n) is 9.70. The lowest BCUT2D eigenvalue weighted by molar-refractivity contribution is -0.136. The predicted octanol–water partition coefficient (Wildman–Crippen LogP) is 1.95. The molecule has 1 rings (SSSR count). The Hall–Kier alpha value is -1.41. The molecule has 102 valence electrons. The molecule has 0 saturated heterocycles. The van der Waals surface area contributed by atoms with E-state index in [4.69, 9.17) is 9.84 Å². The van der Waals surface area contributed by atoms with E-state index in [1.54, 1.807) is 6.07 Å². The fourth-order valence-corrected chi connectivity index (χ4v) is 2.53. The average molecular weight is 395 g/mol. The van der Waals surface area contributed by atoms with Crippen molar-refractivity contribution in [1.29, 1.82) is 0 Å². The number of rotatable bonds is 4. The number of amides is 1. The largest absolute Gasteiger partial charge is 0.480 e. The Bertz CT molecular complexity index is 544. The van der Waals surface area contributed by atoms with Crippen LogP contribution in [-0.4, -0.2) is 29.5 Å². The van der Waals surface area contributed by atoms with E-state index in [0.29, 0.717) is 8.95 Å². The lowest BCUT2D eigenvalue weighted by Gasteiger charge is -2.11. The molecule has 19 heavy (non-hydrogen) atoms. The van der Waals surface area contributed by atoms with Gasteiger partial charge in [0.1, 0.15) is 6.54 Å². The van der Waals surface area contributed by atoms with Crippen molar-refractivity contribution in [3.05, 3.63) is 26.6 Å². The van der Waals surface area contributed by atoms with E-state index in [1.807, 2.05) is 0 Å². The molecule has 1 aromatic carbocycles. The van der Waals surface area contributed by atoms with Crippen LogP contribution in [0.4, 0.5) is 0 Å². The molecule has 0 saturated carbocycles. The molecule has 0 unspecified atom stereocenters. The second kappa shape index (κ2) is 6.67. The van der Waals surface area contributed by atoms with Gasteiger partial charge >= 0.3 is 11.9 Å². The monoisotopic (exact) mass is 393 g/mol. The molecule has 8 heteroatoms. The summed E-state index contributed by atoms with van der Waals surface area (Å²) in [7, 11) is 0. The third-order valence-corrected chi connectivity index (χ3v) is 2.95. The van der Waals surface area contributed by atoms with Gasteiger partial charge in [0.05, 0.1) is 10.0 Å². The molecule has 0 aliphatic carbocycles. The number of carbonyl (C=O) groups excluding carboxylic acids is 2. The third kappa shape index (κ3) is 4.64. The summed E-state index contributed by atoms with van der Waals surface area (Å²) in [5.41, 5.74) is 0.0534. The molecule has 1 amide bonds. The fraction of sp³-hybridized carbons (Fsp3) is 0.182. The lowest BCUT2D eigenvalue weighted by atomic mass is 10.2. The summed E-state index contributed by atoms with van der Waals surface area (Å²) < 4.78 is 5.92. The second-order valence-corrected chi connectivity index (χ2v) is 5.20. The summed E-state index contributed by atoms with van der Waals surface area (Å²) in [4.78, 5) is 33.3. The van der Waals surface area contributed by atoms with E-state index in [2.05, 4.69) is 37.2 Å². The van der Waals surface area contributed by atoms with Gasteiger partial charge in [0.15, 0.2) is 5.75 Å². The van der Waals surface area contributed by atoms with Crippen molar-refractivity contribution in [2.45, 2.75) is 6.92 Å². The minimum Gasteiger partial charge on any atom is -0.480 e. The molecule has 2 N–H and O–H groups in total. The third-order valence-electron chi connectivity index (χ3n) is 1.90. The van der Waals surface area contributed by atoms with Gasteiger partial charge in [-0.15, -0.1) is 0 Å². The highest BCUT2D eigenvalue weighted by Crippen LogP contribution is 2.33. The second-order valence-electron chi connectivity index (χ2n) is 3.43. The molecule has 0 bridgehead atoms. The molecule has 0 aromatic heterocycles. The highest BCUT2D eigenvalue weighted by Gasteiger charge is 2.18. The maximum Gasteiger partial charge on any atom is 0.322 e. The van der Waals surface area contributed by atoms with Crippen molar-refractivity contribution < 1.29 is 24.2 Å². The Morgan fingerprint density at radius 1 is 1.32 bits per heavy atom. The molecule has 0 fully saturated rings. The van der Waals surface area contributed by atoms with Gasteiger partial charge in [-0.2, -0.15) is 0 Å². The molecular weight excluding hydrogens is 386 g/mol. The van der Waals surface area contributed by atoms with Crippen LogP contribution in [0.1, 0.15) is 17.3 Å². The molecule has 1 aromatic rings. The zero-order valence-corrected chi connectivity index (χ0v) is 12.9. The van der Waals surface area contributed by atoms with E-state index in [-0.39, 0.29) is 11.3 Å². The number of carboxylic acids is 1. The van der Waals surface area contributed by atoms with Crippen LogP contribution in [-0.2, 0) is 9.59 Å². The summed E-state index contributed by atoms with van der Waals surface area (Å²) in [6.07, 6.45) is 0. The van der Waals surface area contributed by atoms with Crippen LogP contribution >= 0.6 is 31.9 Å². The van der Waals surface area contributed by atoms with Crippen molar-refractivity contribution in [2.24, 2.45) is 0 Å². The summed E-state index contributed by atoms with van der Waals surface area (Å²) in [5.74, 6) is -2.37. The summed E-state index contributed by atoms with van der Waals surface area (Å²) >= 11 is 6.37. The number of esters is 1. The van der Waals surface area contributed by atoms with Crippen molar-refractivity contribution in [2.75, 3.05) is 6.54 Å². The minimum atomic E-state index is -1.17. The Labute approximate surface area is 125 Å². The highest BCUT2D eigenvalue weighted by molar-refractivity contribution is 9.11. The highest BCUT2D eigenvalue weighted by atomic mass is 79.9.